The summed E-state index contributed by atoms with van der Waals surface area (Å²) in [6, 6.07) is 5.23. The molecule has 0 saturated heterocycles. The molecule has 0 fully saturated rings. The molecular formula is C14H16Cl2N4S. The number of anilines is 1. The maximum atomic E-state index is 6.10. The number of benzene rings is 1. The van der Waals surface area contributed by atoms with Gasteiger partial charge in [0.05, 0.1) is 22.9 Å². The summed E-state index contributed by atoms with van der Waals surface area (Å²) in [4.78, 5) is 0. The van der Waals surface area contributed by atoms with Gasteiger partial charge in [0.15, 0.2) is 5.11 Å². The van der Waals surface area contributed by atoms with Gasteiger partial charge in [0.1, 0.15) is 0 Å². The number of nitrogens with zero attached hydrogens (tertiary/aromatic N) is 2. The lowest BCUT2D eigenvalue weighted by Crippen LogP contribution is -2.31. The molecule has 0 unspecified atom stereocenters. The SMILES string of the molecule is Cc1c([C@H](C)NC(=S)Nc2cc(Cl)ccc2Cl)cnn1C. The normalized spacial score (nSPS) is 12.0. The standard InChI is InChI=1S/C14H16Cl2N4S/c1-8(11-7-17-20(3)9(11)2)18-14(21)19-13-6-10(15)4-5-12(13)16/h4-8H,1-3H3,(H2,18,19,21)/t8-/m0/s1. The van der Waals surface area contributed by atoms with E-state index in [0.717, 1.165) is 11.3 Å². The van der Waals surface area contributed by atoms with Crippen LogP contribution in [-0.4, -0.2) is 14.9 Å². The Morgan fingerprint density at radius 1 is 1.38 bits per heavy atom. The molecule has 0 spiro atoms. The summed E-state index contributed by atoms with van der Waals surface area (Å²) in [6.45, 7) is 4.04. The van der Waals surface area contributed by atoms with Crippen LogP contribution in [0.4, 0.5) is 5.69 Å². The first-order valence-corrected chi connectivity index (χ1v) is 7.56. The topological polar surface area (TPSA) is 41.9 Å². The van der Waals surface area contributed by atoms with Crippen LogP contribution >= 0.6 is 35.4 Å². The fourth-order valence-corrected chi connectivity index (χ4v) is 2.59. The minimum Gasteiger partial charge on any atom is -0.356 e. The Bertz CT molecular complexity index is 669. The Morgan fingerprint density at radius 2 is 2.10 bits per heavy atom. The number of hydrogen-bond donors (Lipinski definition) is 2. The van der Waals surface area contributed by atoms with Crippen molar-refractivity contribution in [3.05, 3.63) is 45.7 Å². The van der Waals surface area contributed by atoms with Gasteiger partial charge in [-0.25, -0.2) is 0 Å². The molecule has 0 aliphatic rings. The zero-order valence-corrected chi connectivity index (χ0v) is 14.3. The van der Waals surface area contributed by atoms with E-state index in [1.165, 1.54) is 0 Å². The smallest absolute Gasteiger partial charge is 0.171 e. The number of nitrogens with one attached hydrogen (secondary N) is 2. The van der Waals surface area contributed by atoms with Crippen LogP contribution in [0.15, 0.2) is 24.4 Å². The summed E-state index contributed by atoms with van der Waals surface area (Å²) in [5.41, 5.74) is 2.87. The number of thiocarbonyl (C=S) groups is 1. The van der Waals surface area contributed by atoms with E-state index in [-0.39, 0.29) is 6.04 Å². The number of aromatic nitrogens is 2. The van der Waals surface area contributed by atoms with Gasteiger partial charge in [-0.3, -0.25) is 4.68 Å². The maximum absolute atomic E-state index is 6.10. The van der Waals surface area contributed by atoms with Crippen LogP contribution in [0, 0.1) is 6.92 Å². The van der Waals surface area contributed by atoms with Gasteiger partial charge < -0.3 is 10.6 Å². The van der Waals surface area contributed by atoms with Crippen LogP contribution in [-0.2, 0) is 7.05 Å². The van der Waals surface area contributed by atoms with Gasteiger partial charge in [-0.1, -0.05) is 23.2 Å². The monoisotopic (exact) mass is 342 g/mol. The molecule has 2 N–H and O–H groups in total. The molecule has 7 heteroatoms. The highest BCUT2D eigenvalue weighted by Crippen LogP contribution is 2.25. The molecule has 1 aromatic carbocycles. The minimum atomic E-state index is 0.0386. The van der Waals surface area contributed by atoms with Crippen molar-refractivity contribution in [3.63, 3.8) is 0 Å². The van der Waals surface area contributed by atoms with Crippen molar-refractivity contribution in [3.8, 4) is 0 Å². The van der Waals surface area contributed by atoms with E-state index in [9.17, 15) is 0 Å². The third kappa shape index (κ3) is 3.87. The molecule has 4 nitrogen and oxygen atoms in total. The summed E-state index contributed by atoms with van der Waals surface area (Å²) in [7, 11) is 1.91. The lowest BCUT2D eigenvalue weighted by Gasteiger charge is -2.17. The largest absolute Gasteiger partial charge is 0.356 e. The van der Waals surface area contributed by atoms with Crippen molar-refractivity contribution in [2.75, 3.05) is 5.32 Å². The molecule has 0 aliphatic heterocycles. The predicted octanol–water partition coefficient (Wildman–Crippen LogP) is 4.08. The lowest BCUT2D eigenvalue weighted by atomic mass is 10.1. The molecule has 0 aliphatic carbocycles. The predicted molar refractivity (Wildman–Crippen MR) is 92.2 cm³/mol. The number of aryl methyl sites for hydroxylation is 1. The van der Waals surface area contributed by atoms with Crippen LogP contribution < -0.4 is 10.6 Å². The van der Waals surface area contributed by atoms with Gasteiger partial charge in [-0.05, 0) is 44.3 Å². The fourth-order valence-electron chi connectivity index (χ4n) is 1.97. The minimum absolute atomic E-state index is 0.0386. The second-order valence-electron chi connectivity index (χ2n) is 4.75. The van der Waals surface area contributed by atoms with Crippen molar-refractivity contribution in [2.24, 2.45) is 7.05 Å². The van der Waals surface area contributed by atoms with Crippen molar-refractivity contribution >= 4 is 46.2 Å². The maximum Gasteiger partial charge on any atom is 0.171 e. The summed E-state index contributed by atoms with van der Waals surface area (Å²) in [6.07, 6.45) is 1.84. The molecule has 21 heavy (non-hydrogen) atoms. The average Bonchev–Trinajstić information content (AvgIpc) is 2.74. The van der Waals surface area contributed by atoms with Crippen LogP contribution in [0.25, 0.3) is 0 Å². The molecule has 1 atom stereocenters. The van der Waals surface area contributed by atoms with Gasteiger partial charge in [-0.2, -0.15) is 5.10 Å². The van der Waals surface area contributed by atoms with Gasteiger partial charge in [-0.15, -0.1) is 0 Å². The van der Waals surface area contributed by atoms with Crippen molar-refractivity contribution in [2.45, 2.75) is 19.9 Å². The van der Waals surface area contributed by atoms with Crippen molar-refractivity contribution in [1.82, 2.24) is 15.1 Å². The summed E-state index contributed by atoms with van der Waals surface area (Å²) in [5, 5.41) is 12.1. The number of halogens is 2. The molecule has 2 rings (SSSR count). The van der Waals surface area contributed by atoms with Crippen LogP contribution in [0.1, 0.15) is 24.2 Å². The fraction of sp³-hybridized carbons (Fsp3) is 0.286. The Balaban J connectivity index is 2.05. The highest BCUT2D eigenvalue weighted by molar-refractivity contribution is 7.80. The summed E-state index contributed by atoms with van der Waals surface area (Å²) >= 11 is 17.4. The van der Waals surface area contributed by atoms with E-state index in [1.807, 2.05) is 31.8 Å². The second kappa shape index (κ2) is 6.64. The van der Waals surface area contributed by atoms with E-state index >= 15 is 0 Å². The first-order chi connectivity index (χ1) is 9.88. The Hall–Kier alpha value is -1.30. The molecule has 112 valence electrons. The zero-order chi connectivity index (χ0) is 15.6. The molecule has 2 aromatic rings. The van der Waals surface area contributed by atoms with Gasteiger partial charge in [0.25, 0.3) is 0 Å². The third-order valence-corrected chi connectivity index (χ3v) is 4.05. The first-order valence-electron chi connectivity index (χ1n) is 6.39. The third-order valence-electron chi connectivity index (χ3n) is 3.26. The van der Waals surface area contributed by atoms with Crippen LogP contribution in [0.2, 0.25) is 10.0 Å². The van der Waals surface area contributed by atoms with Gasteiger partial charge in [0.2, 0.25) is 0 Å². The highest BCUT2D eigenvalue weighted by atomic mass is 35.5. The van der Waals surface area contributed by atoms with E-state index in [0.29, 0.717) is 20.8 Å². The Morgan fingerprint density at radius 3 is 2.71 bits per heavy atom. The highest BCUT2D eigenvalue weighted by Gasteiger charge is 2.13. The van der Waals surface area contributed by atoms with Gasteiger partial charge >= 0.3 is 0 Å². The van der Waals surface area contributed by atoms with Crippen molar-refractivity contribution < 1.29 is 0 Å². The quantitative estimate of drug-likeness (QED) is 0.824. The summed E-state index contributed by atoms with van der Waals surface area (Å²) < 4.78 is 1.83. The average molecular weight is 343 g/mol. The Kier molecular flexibility index (Phi) is 5.08. The lowest BCUT2D eigenvalue weighted by molar-refractivity contribution is 0.701. The summed E-state index contributed by atoms with van der Waals surface area (Å²) in [5.74, 6) is 0. The van der Waals surface area contributed by atoms with E-state index in [1.54, 1.807) is 18.2 Å². The Labute approximate surface area is 139 Å². The molecule has 0 bridgehead atoms. The zero-order valence-electron chi connectivity index (χ0n) is 11.9. The molecule has 0 saturated carbocycles. The molecule has 0 radical (unpaired) electrons. The van der Waals surface area contributed by atoms with Crippen LogP contribution in [0.5, 0.6) is 0 Å². The van der Waals surface area contributed by atoms with E-state index in [4.69, 9.17) is 35.4 Å². The van der Waals surface area contributed by atoms with E-state index < -0.39 is 0 Å². The van der Waals surface area contributed by atoms with Crippen molar-refractivity contribution in [1.29, 1.82) is 0 Å². The molecule has 0 amide bonds. The first kappa shape index (κ1) is 16.1. The number of hydrogen-bond acceptors (Lipinski definition) is 2. The molecule has 1 heterocycles. The van der Waals surface area contributed by atoms with E-state index in [2.05, 4.69) is 15.7 Å². The molecule has 1 aromatic heterocycles. The number of rotatable bonds is 3. The van der Waals surface area contributed by atoms with Gasteiger partial charge in [0, 0.05) is 23.3 Å². The molecular weight excluding hydrogens is 327 g/mol. The second-order valence-corrected chi connectivity index (χ2v) is 6.01. The van der Waals surface area contributed by atoms with Crippen LogP contribution in [0.3, 0.4) is 0 Å².